The van der Waals surface area contributed by atoms with Crippen molar-refractivity contribution in [2.24, 2.45) is 0 Å². The van der Waals surface area contributed by atoms with Crippen molar-refractivity contribution in [1.29, 1.82) is 0 Å². The second-order valence-corrected chi connectivity index (χ2v) is 10.8. The molecule has 35 heavy (non-hydrogen) atoms. The lowest BCUT2D eigenvalue weighted by atomic mass is 10.1. The van der Waals surface area contributed by atoms with E-state index in [1.54, 1.807) is 42.7 Å². The Kier molecular flexibility index (Phi) is 7.13. The van der Waals surface area contributed by atoms with Crippen molar-refractivity contribution >= 4 is 21.4 Å². The first-order valence-corrected chi connectivity index (χ1v) is 12.8. The molecule has 11 nitrogen and oxygen atoms in total. The summed E-state index contributed by atoms with van der Waals surface area (Å²) in [5.74, 6) is 0.587. The fourth-order valence-electron chi connectivity index (χ4n) is 3.62. The Morgan fingerprint density at radius 2 is 1.86 bits per heavy atom. The number of halogens is 1. The van der Waals surface area contributed by atoms with E-state index in [1.165, 1.54) is 25.8 Å². The van der Waals surface area contributed by atoms with E-state index in [-0.39, 0.29) is 11.6 Å². The van der Waals surface area contributed by atoms with Gasteiger partial charge in [0.1, 0.15) is 35.1 Å². The van der Waals surface area contributed by atoms with E-state index in [9.17, 15) is 8.42 Å². The van der Waals surface area contributed by atoms with Crippen LogP contribution in [0.25, 0.3) is 11.5 Å². The lowest BCUT2D eigenvalue weighted by Crippen LogP contribution is -2.28. The van der Waals surface area contributed by atoms with Crippen LogP contribution in [0.4, 0.5) is 0 Å². The SMILES string of the molecule is COc1cccc(-c2nnc(CS(=O)(=O)[C@@H](C)[C@H](C)c3ncc(Cl)cn3)n2[C@@H](C)c2ccon2)n1. The third-order valence-corrected chi connectivity index (χ3v) is 8.25. The molecule has 184 valence electrons. The molecule has 4 heterocycles. The Morgan fingerprint density at radius 1 is 1.11 bits per heavy atom. The largest absolute Gasteiger partial charge is 0.481 e. The first-order valence-electron chi connectivity index (χ1n) is 10.8. The van der Waals surface area contributed by atoms with Crippen LogP contribution in [0.15, 0.2) is 47.4 Å². The van der Waals surface area contributed by atoms with Crippen molar-refractivity contribution in [1.82, 2.24) is 34.9 Å². The Morgan fingerprint density at radius 3 is 2.51 bits per heavy atom. The average molecular weight is 518 g/mol. The summed E-state index contributed by atoms with van der Waals surface area (Å²) in [6.07, 6.45) is 4.35. The predicted octanol–water partition coefficient (Wildman–Crippen LogP) is 3.50. The van der Waals surface area contributed by atoms with Crippen molar-refractivity contribution in [3.63, 3.8) is 0 Å². The molecule has 0 fully saturated rings. The van der Waals surface area contributed by atoms with Gasteiger partial charge >= 0.3 is 0 Å². The van der Waals surface area contributed by atoms with E-state index in [4.69, 9.17) is 20.9 Å². The molecule has 0 aliphatic rings. The van der Waals surface area contributed by atoms with Crippen molar-refractivity contribution in [2.45, 2.75) is 43.7 Å². The molecule has 0 aromatic carbocycles. The Labute approximate surface area is 207 Å². The molecular formula is C22H24ClN7O4S. The van der Waals surface area contributed by atoms with Crippen molar-refractivity contribution < 1.29 is 17.7 Å². The van der Waals surface area contributed by atoms with E-state index < -0.39 is 27.0 Å². The molecule has 0 bridgehead atoms. The van der Waals surface area contributed by atoms with E-state index >= 15 is 0 Å². The summed E-state index contributed by atoms with van der Waals surface area (Å²) in [6.45, 7) is 5.25. The zero-order chi connectivity index (χ0) is 25.2. The van der Waals surface area contributed by atoms with Gasteiger partial charge in [-0.25, -0.2) is 23.4 Å². The van der Waals surface area contributed by atoms with E-state index in [1.807, 2.05) is 6.92 Å². The fraction of sp³-hybridized carbons (Fsp3) is 0.364. The summed E-state index contributed by atoms with van der Waals surface area (Å²) in [5, 5.41) is 12.1. The maximum absolute atomic E-state index is 13.5. The first-order chi connectivity index (χ1) is 16.7. The number of nitrogens with zero attached hydrogens (tertiary/aromatic N) is 7. The van der Waals surface area contributed by atoms with Gasteiger partial charge in [0.25, 0.3) is 0 Å². The molecule has 4 aromatic heterocycles. The number of aromatic nitrogens is 7. The van der Waals surface area contributed by atoms with Gasteiger partial charge in [-0.1, -0.05) is 29.7 Å². The number of rotatable bonds is 9. The van der Waals surface area contributed by atoms with Crippen LogP contribution in [0, 0.1) is 0 Å². The van der Waals surface area contributed by atoms with Gasteiger partial charge in [0.15, 0.2) is 15.7 Å². The van der Waals surface area contributed by atoms with Gasteiger partial charge in [0.2, 0.25) is 5.88 Å². The molecule has 4 rings (SSSR count). The maximum atomic E-state index is 13.5. The molecule has 0 spiro atoms. The second kappa shape index (κ2) is 10.1. The number of hydrogen-bond donors (Lipinski definition) is 0. The molecule has 0 N–H and O–H groups in total. The van der Waals surface area contributed by atoms with E-state index in [0.29, 0.717) is 33.9 Å². The number of ether oxygens (including phenoxy) is 1. The minimum Gasteiger partial charge on any atom is -0.481 e. The second-order valence-electron chi connectivity index (χ2n) is 8.04. The lowest BCUT2D eigenvalue weighted by Gasteiger charge is -2.20. The van der Waals surface area contributed by atoms with E-state index in [0.717, 1.165) is 0 Å². The van der Waals surface area contributed by atoms with E-state index in [2.05, 4.69) is 30.3 Å². The first kappa shape index (κ1) is 24.7. The minimum atomic E-state index is -3.70. The van der Waals surface area contributed by atoms with Crippen LogP contribution < -0.4 is 4.74 Å². The van der Waals surface area contributed by atoms with Crippen LogP contribution in [-0.2, 0) is 15.6 Å². The van der Waals surface area contributed by atoms with Gasteiger partial charge in [-0.3, -0.25) is 4.57 Å². The molecule has 0 saturated heterocycles. The molecule has 0 saturated carbocycles. The summed E-state index contributed by atoms with van der Waals surface area (Å²) in [7, 11) is -2.19. The highest BCUT2D eigenvalue weighted by atomic mass is 35.5. The zero-order valence-electron chi connectivity index (χ0n) is 19.5. The quantitative estimate of drug-likeness (QED) is 0.324. The highest BCUT2D eigenvalue weighted by molar-refractivity contribution is 7.91. The number of hydrogen-bond acceptors (Lipinski definition) is 10. The lowest BCUT2D eigenvalue weighted by molar-refractivity contribution is 0.397. The van der Waals surface area contributed by atoms with Gasteiger partial charge in [0.05, 0.1) is 23.4 Å². The van der Waals surface area contributed by atoms with Gasteiger partial charge in [-0.15, -0.1) is 10.2 Å². The number of sulfone groups is 1. The van der Waals surface area contributed by atoms with Crippen LogP contribution >= 0.6 is 11.6 Å². The van der Waals surface area contributed by atoms with Gasteiger partial charge in [-0.2, -0.15) is 0 Å². The fourth-order valence-corrected chi connectivity index (χ4v) is 5.28. The summed E-state index contributed by atoms with van der Waals surface area (Å²) in [5.41, 5.74) is 1.07. The van der Waals surface area contributed by atoms with Crippen LogP contribution in [0.3, 0.4) is 0 Å². The molecule has 4 aromatic rings. The standard InChI is InChI=1S/C22H24ClN7O4S/c1-13(21-24-10-16(23)11-25-21)15(3)35(31,32)12-19-27-28-22(18-6-5-7-20(26-18)33-4)30(19)14(2)17-8-9-34-29-17/h5-11,13-15H,12H2,1-4H3/t13-,14-,15-/m0/s1. The highest BCUT2D eigenvalue weighted by Gasteiger charge is 2.33. The summed E-state index contributed by atoms with van der Waals surface area (Å²) < 4.78 is 38.8. The zero-order valence-corrected chi connectivity index (χ0v) is 21.1. The third-order valence-electron chi connectivity index (χ3n) is 5.85. The normalized spacial score (nSPS) is 14.4. The highest BCUT2D eigenvalue weighted by Crippen LogP contribution is 2.29. The molecule has 0 aliphatic carbocycles. The number of pyridine rings is 1. The predicted molar refractivity (Wildman–Crippen MR) is 128 cm³/mol. The molecule has 0 amide bonds. The van der Waals surface area contributed by atoms with Gasteiger partial charge in [-0.05, 0) is 19.9 Å². The maximum Gasteiger partial charge on any atom is 0.213 e. The van der Waals surface area contributed by atoms with Crippen molar-refractivity contribution in [3.05, 3.63) is 65.3 Å². The average Bonchev–Trinajstić information content (AvgIpc) is 3.53. The summed E-state index contributed by atoms with van der Waals surface area (Å²) in [6, 6.07) is 6.50. The molecule has 0 aliphatic heterocycles. The van der Waals surface area contributed by atoms with Crippen LogP contribution in [0.1, 0.15) is 50.1 Å². The molecule has 0 unspecified atom stereocenters. The molecule has 3 atom stereocenters. The van der Waals surface area contributed by atoms with Crippen molar-refractivity contribution in [2.75, 3.05) is 7.11 Å². The topological polar surface area (TPSA) is 139 Å². The van der Waals surface area contributed by atoms with Crippen LogP contribution in [0.5, 0.6) is 5.88 Å². The monoisotopic (exact) mass is 517 g/mol. The molecule has 13 heteroatoms. The Hall–Kier alpha value is -3.38. The van der Waals surface area contributed by atoms with Gasteiger partial charge < -0.3 is 9.26 Å². The summed E-state index contributed by atoms with van der Waals surface area (Å²) in [4.78, 5) is 12.8. The van der Waals surface area contributed by atoms with Crippen molar-refractivity contribution in [3.8, 4) is 17.4 Å². The Bertz CT molecular complexity index is 1390. The van der Waals surface area contributed by atoms with Gasteiger partial charge in [0, 0.05) is 30.4 Å². The number of methoxy groups -OCH3 is 1. The van der Waals surface area contributed by atoms with Crippen LogP contribution in [-0.4, -0.2) is 55.7 Å². The molecular weight excluding hydrogens is 494 g/mol. The minimum absolute atomic E-state index is 0.246. The Balaban J connectivity index is 1.72. The van der Waals surface area contributed by atoms with Crippen LogP contribution in [0.2, 0.25) is 5.02 Å². The summed E-state index contributed by atoms with van der Waals surface area (Å²) >= 11 is 5.87. The molecule has 0 radical (unpaired) electrons. The smallest absolute Gasteiger partial charge is 0.213 e. The third kappa shape index (κ3) is 5.17.